The number of rotatable bonds is 2. The highest BCUT2D eigenvalue weighted by atomic mass is 16.2. The maximum Gasteiger partial charge on any atom is 0.259 e. The molecule has 2 fully saturated rings. The Morgan fingerprint density at radius 3 is 2.55 bits per heavy atom. The summed E-state index contributed by atoms with van der Waals surface area (Å²) in [5.41, 5.74) is 3.18. The summed E-state index contributed by atoms with van der Waals surface area (Å²) in [7, 11) is 0. The van der Waals surface area contributed by atoms with Gasteiger partial charge in [0.2, 0.25) is 0 Å². The number of aryl methyl sites for hydroxylation is 1. The lowest BCUT2D eigenvalue weighted by atomic mass is 9.97. The summed E-state index contributed by atoms with van der Waals surface area (Å²) in [6.45, 7) is 5.84. The van der Waals surface area contributed by atoms with Crippen molar-refractivity contribution in [3.05, 3.63) is 39.8 Å². The van der Waals surface area contributed by atoms with Crippen LogP contribution in [-0.4, -0.2) is 38.7 Å². The second kappa shape index (κ2) is 7.01. The van der Waals surface area contributed by atoms with Gasteiger partial charge in [-0.05, 0) is 56.2 Å². The van der Waals surface area contributed by atoms with Gasteiger partial charge in [-0.2, -0.15) is 5.10 Å². The highest BCUT2D eigenvalue weighted by molar-refractivity contribution is 6.07. The summed E-state index contributed by atoms with van der Waals surface area (Å²) in [4.78, 5) is 30.9. The van der Waals surface area contributed by atoms with Crippen LogP contribution in [0.3, 0.4) is 0 Å². The molecule has 0 radical (unpaired) electrons. The van der Waals surface area contributed by atoms with Gasteiger partial charge in [-0.1, -0.05) is 19.8 Å². The van der Waals surface area contributed by atoms with Gasteiger partial charge in [0, 0.05) is 24.0 Å². The Labute approximate surface area is 169 Å². The molecule has 1 N–H and O–H groups in total. The summed E-state index contributed by atoms with van der Waals surface area (Å²) in [5, 5.41) is 6.11. The lowest BCUT2D eigenvalue weighted by Gasteiger charge is -2.30. The minimum atomic E-state index is -0.111. The zero-order valence-electron chi connectivity index (χ0n) is 17.2. The fourth-order valence-corrected chi connectivity index (χ4v) is 5.03. The number of pyridine rings is 1. The van der Waals surface area contributed by atoms with E-state index < -0.39 is 0 Å². The topological polar surface area (TPSA) is 71.0 Å². The Morgan fingerprint density at radius 1 is 1.10 bits per heavy atom. The molecule has 1 saturated heterocycles. The van der Waals surface area contributed by atoms with Crippen LogP contribution in [-0.2, 0) is 0 Å². The Morgan fingerprint density at radius 2 is 1.83 bits per heavy atom. The fourth-order valence-electron chi connectivity index (χ4n) is 5.03. The standard InChI is InChI=1S/C23H28N4O2/c1-14-7-9-26(10-8-14)23(29)17-12-18-20(11-15(17)2)25-22(28)19-13-24-27(21(18)19)16-5-3-4-6-16/h11-14,16H,3-10H2,1-2H3,(H,25,28). The summed E-state index contributed by atoms with van der Waals surface area (Å²) in [6.07, 6.45) is 8.38. The molecule has 1 aliphatic carbocycles. The normalized spacial score (nSPS) is 18.9. The van der Waals surface area contributed by atoms with E-state index in [2.05, 4.69) is 17.0 Å². The maximum atomic E-state index is 13.3. The summed E-state index contributed by atoms with van der Waals surface area (Å²) >= 11 is 0. The zero-order chi connectivity index (χ0) is 20.1. The number of likely N-dealkylation sites (tertiary alicyclic amines) is 1. The van der Waals surface area contributed by atoms with E-state index in [0.29, 0.717) is 17.3 Å². The number of fused-ring (bicyclic) bond motifs is 3. The van der Waals surface area contributed by atoms with Crippen LogP contribution in [0.4, 0.5) is 0 Å². The third kappa shape index (κ3) is 3.05. The molecule has 3 heterocycles. The SMILES string of the molecule is Cc1cc2[nH]c(=O)c3cnn(C4CCCC4)c3c2cc1C(=O)N1CCC(C)CC1. The number of carbonyl (C=O) groups is 1. The molecule has 1 saturated carbocycles. The highest BCUT2D eigenvalue weighted by Gasteiger charge is 2.25. The number of H-pyrrole nitrogens is 1. The molecule has 0 spiro atoms. The molecule has 1 aromatic carbocycles. The minimum Gasteiger partial charge on any atom is -0.339 e. The van der Waals surface area contributed by atoms with Crippen molar-refractivity contribution in [3.8, 4) is 0 Å². The van der Waals surface area contributed by atoms with Gasteiger partial charge in [0.05, 0.1) is 28.7 Å². The van der Waals surface area contributed by atoms with Crippen LogP contribution in [0.1, 0.15) is 67.4 Å². The summed E-state index contributed by atoms with van der Waals surface area (Å²) in [5.74, 6) is 0.782. The summed E-state index contributed by atoms with van der Waals surface area (Å²) < 4.78 is 2.03. The Bertz CT molecular complexity index is 1150. The van der Waals surface area contributed by atoms with Crippen LogP contribution in [0.25, 0.3) is 21.8 Å². The Kier molecular flexibility index (Phi) is 4.45. The first kappa shape index (κ1) is 18.4. The quantitative estimate of drug-likeness (QED) is 0.711. The highest BCUT2D eigenvalue weighted by Crippen LogP contribution is 2.34. The number of piperidine rings is 1. The Balaban J connectivity index is 1.67. The van der Waals surface area contributed by atoms with Gasteiger partial charge in [-0.25, -0.2) is 0 Å². The predicted molar refractivity (Wildman–Crippen MR) is 114 cm³/mol. The smallest absolute Gasteiger partial charge is 0.259 e. The molecular formula is C23H28N4O2. The van der Waals surface area contributed by atoms with Gasteiger partial charge in [0.15, 0.2) is 0 Å². The largest absolute Gasteiger partial charge is 0.339 e. The molecule has 29 heavy (non-hydrogen) atoms. The van der Waals surface area contributed by atoms with Gasteiger partial charge < -0.3 is 9.88 Å². The molecule has 2 aromatic heterocycles. The number of carbonyl (C=O) groups excluding carboxylic acids is 1. The van der Waals surface area contributed by atoms with Crippen molar-refractivity contribution in [2.45, 2.75) is 58.4 Å². The molecular weight excluding hydrogens is 364 g/mol. The fraction of sp³-hybridized carbons (Fsp3) is 0.522. The molecule has 2 aliphatic rings. The first-order valence-corrected chi connectivity index (χ1v) is 10.9. The van der Waals surface area contributed by atoms with E-state index in [1.54, 1.807) is 6.20 Å². The number of benzene rings is 1. The molecule has 0 unspecified atom stereocenters. The number of nitrogens with zero attached hydrogens (tertiary/aromatic N) is 3. The molecule has 6 heteroatoms. The molecule has 152 valence electrons. The number of aromatic amines is 1. The van der Waals surface area contributed by atoms with Gasteiger partial charge in [0.1, 0.15) is 0 Å². The molecule has 6 nitrogen and oxygen atoms in total. The van der Waals surface area contributed by atoms with E-state index in [-0.39, 0.29) is 11.5 Å². The van der Waals surface area contributed by atoms with E-state index in [9.17, 15) is 9.59 Å². The third-order valence-corrected chi connectivity index (χ3v) is 6.88. The van der Waals surface area contributed by atoms with Crippen molar-refractivity contribution in [3.63, 3.8) is 0 Å². The van der Waals surface area contributed by atoms with E-state index in [4.69, 9.17) is 0 Å². The molecule has 5 rings (SSSR count). The van der Waals surface area contributed by atoms with Crippen LogP contribution < -0.4 is 5.56 Å². The van der Waals surface area contributed by atoms with Crippen molar-refractivity contribution in [1.82, 2.24) is 19.7 Å². The molecule has 0 atom stereocenters. The molecule has 1 aliphatic heterocycles. The van der Waals surface area contributed by atoms with E-state index in [1.807, 2.05) is 28.6 Å². The van der Waals surface area contributed by atoms with Crippen molar-refractivity contribution >= 4 is 27.7 Å². The van der Waals surface area contributed by atoms with Crippen LogP contribution >= 0.6 is 0 Å². The zero-order valence-corrected chi connectivity index (χ0v) is 17.2. The number of hydrogen-bond acceptors (Lipinski definition) is 3. The van der Waals surface area contributed by atoms with E-state index >= 15 is 0 Å². The number of aromatic nitrogens is 3. The van der Waals surface area contributed by atoms with Crippen molar-refractivity contribution in [1.29, 1.82) is 0 Å². The lowest BCUT2D eigenvalue weighted by Crippen LogP contribution is -2.38. The van der Waals surface area contributed by atoms with Crippen molar-refractivity contribution in [2.75, 3.05) is 13.1 Å². The second-order valence-electron chi connectivity index (χ2n) is 8.93. The van der Waals surface area contributed by atoms with Crippen molar-refractivity contribution < 1.29 is 4.79 Å². The van der Waals surface area contributed by atoms with Crippen LogP contribution in [0.5, 0.6) is 0 Å². The average molecular weight is 393 g/mol. The predicted octanol–water partition coefficient (Wildman–Crippen LogP) is 4.17. The number of amides is 1. The first-order chi connectivity index (χ1) is 14.0. The average Bonchev–Trinajstić information content (AvgIpc) is 3.38. The molecule has 3 aromatic rings. The van der Waals surface area contributed by atoms with Crippen molar-refractivity contribution in [2.24, 2.45) is 5.92 Å². The van der Waals surface area contributed by atoms with Crippen LogP contribution in [0.15, 0.2) is 23.1 Å². The van der Waals surface area contributed by atoms with Gasteiger partial charge in [-0.3, -0.25) is 14.3 Å². The number of nitrogens with one attached hydrogen (secondary N) is 1. The number of hydrogen-bond donors (Lipinski definition) is 1. The van der Waals surface area contributed by atoms with E-state index in [1.165, 1.54) is 12.8 Å². The molecule has 1 amide bonds. The van der Waals surface area contributed by atoms with E-state index in [0.717, 1.165) is 66.3 Å². The monoisotopic (exact) mass is 392 g/mol. The van der Waals surface area contributed by atoms with Gasteiger partial charge >= 0.3 is 0 Å². The Hall–Kier alpha value is -2.63. The maximum absolute atomic E-state index is 13.3. The molecule has 0 bridgehead atoms. The van der Waals surface area contributed by atoms with Gasteiger partial charge in [0.25, 0.3) is 11.5 Å². The summed E-state index contributed by atoms with van der Waals surface area (Å²) in [6, 6.07) is 4.26. The third-order valence-electron chi connectivity index (χ3n) is 6.88. The van der Waals surface area contributed by atoms with Crippen LogP contribution in [0, 0.1) is 12.8 Å². The first-order valence-electron chi connectivity index (χ1n) is 10.9. The van der Waals surface area contributed by atoms with Gasteiger partial charge in [-0.15, -0.1) is 0 Å². The minimum absolute atomic E-state index is 0.0996. The lowest BCUT2D eigenvalue weighted by molar-refractivity contribution is 0.0696. The van der Waals surface area contributed by atoms with Crippen LogP contribution in [0.2, 0.25) is 0 Å². The second-order valence-corrected chi connectivity index (χ2v) is 8.93.